The molecule has 1 heterocycles. The lowest BCUT2D eigenvalue weighted by molar-refractivity contribution is -0.136. The summed E-state index contributed by atoms with van der Waals surface area (Å²) in [6, 6.07) is 5.77. The van der Waals surface area contributed by atoms with Crippen molar-refractivity contribution < 1.29 is 21.6 Å². The predicted octanol–water partition coefficient (Wildman–Crippen LogP) is 2.24. The average Bonchev–Trinajstić information content (AvgIpc) is 2.91. The number of benzene rings is 1. The molecule has 4 rings (SSSR count). The van der Waals surface area contributed by atoms with E-state index in [1.54, 1.807) is 0 Å². The molecule has 1 saturated carbocycles. The Balaban J connectivity index is 1.70. The molecule has 0 radical (unpaired) electrons. The van der Waals surface area contributed by atoms with Gasteiger partial charge in [0.15, 0.2) is 0 Å². The van der Waals surface area contributed by atoms with Gasteiger partial charge in [0.05, 0.1) is 5.54 Å². The first-order chi connectivity index (χ1) is 12.1. The van der Waals surface area contributed by atoms with Crippen LogP contribution in [0.5, 0.6) is 0 Å². The predicted molar refractivity (Wildman–Crippen MR) is 90.4 cm³/mol. The summed E-state index contributed by atoms with van der Waals surface area (Å²) in [5.41, 5.74) is 2.13. The minimum atomic E-state index is -4.56. The second kappa shape index (κ2) is 5.72. The molecule has 4 nitrogen and oxygen atoms in total. The highest BCUT2D eigenvalue weighted by Crippen LogP contribution is 2.50. The number of nitrogens with one attached hydrogen (secondary N) is 1. The Hall–Kier alpha value is -1.56. The highest BCUT2D eigenvalue weighted by atomic mass is 32.2. The second-order valence-electron chi connectivity index (χ2n) is 7.54. The summed E-state index contributed by atoms with van der Waals surface area (Å²) in [6.07, 6.45) is 3.80. The van der Waals surface area contributed by atoms with Crippen LogP contribution in [0, 0.1) is 24.2 Å². The zero-order chi connectivity index (χ0) is 18.7. The zero-order valence-corrected chi connectivity index (χ0v) is 14.8. The van der Waals surface area contributed by atoms with E-state index in [2.05, 4.69) is 10.6 Å². The van der Waals surface area contributed by atoms with Crippen LogP contribution >= 0.6 is 0 Å². The molecule has 3 aliphatic rings. The van der Waals surface area contributed by atoms with E-state index in [0.717, 1.165) is 29.5 Å². The lowest BCUT2D eigenvalue weighted by Gasteiger charge is -2.33. The van der Waals surface area contributed by atoms with Crippen LogP contribution < -0.4 is 4.72 Å². The molecule has 8 heteroatoms. The molecule has 2 fully saturated rings. The topological polar surface area (TPSA) is 49.4 Å². The first-order valence-electron chi connectivity index (χ1n) is 8.57. The van der Waals surface area contributed by atoms with Crippen LogP contribution in [0.4, 0.5) is 13.2 Å². The van der Waals surface area contributed by atoms with E-state index in [1.807, 2.05) is 18.2 Å². The quantitative estimate of drug-likeness (QED) is 0.755. The Morgan fingerprint density at radius 2 is 1.88 bits per heavy atom. The molecule has 1 spiro atoms. The van der Waals surface area contributed by atoms with E-state index in [1.165, 1.54) is 0 Å². The third-order valence-corrected chi connectivity index (χ3v) is 7.65. The molecular formula is C18H19F3N2O2S. The number of alkyl halides is 3. The van der Waals surface area contributed by atoms with Gasteiger partial charge in [-0.05, 0) is 60.8 Å². The second-order valence-corrected chi connectivity index (χ2v) is 9.21. The summed E-state index contributed by atoms with van der Waals surface area (Å²) in [5.74, 6) is 2.56. The summed E-state index contributed by atoms with van der Waals surface area (Å²) < 4.78 is 66.5. The van der Waals surface area contributed by atoms with Gasteiger partial charge in [-0.15, -0.1) is 6.42 Å². The van der Waals surface area contributed by atoms with Crippen LogP contribution in [0.1, 0.15) is 29.5 Å². The Morgan fingerprint density at radius 3 is 2.50 bits per heavy atom. The van der Waals surface area contributed by atoms with Crippen LogP contribution in [0.25, 0.3) is 0 Å². The SMILES string of the molecule is C#Cc1ccc2c(c1)C[C@H]1CC[C@@H](C2)[C@]12CN(CC(F)(F)F)S(=O)(=O)N2. The van der Waals surface area contributed by atoms with Crippen molar-refractivity contribution >= 4 is 10.2 Å². The molecule has 1 aromatic carbocycles. The number of hydrogen-bond donors (Lipinski definition) is 1. The van der Waals surface area contributed by atoms with Crippen molar-refractivity contribution in [1.82, 2.24) is 9.03 Å². The largest absolute Gasteiger partial charge is 0.402 e. The number of terminal acetylenes is 1. The normalized spacial score (nSPS) is 33.0. The first kappa shape index (κ1) is 17.8. The van der Waals surface area contributed by atoms with E-state index < -0.39 is 28.5 Å². The molecule has 1 N–H and O–H groups in total. The Bertz CT molecular complexity index is 891. The number of rotatable bonds is 1. The fraction of sp³-hybridized carbons (Fsp3) is 0.556. The maximum absolute atomic E-state index is 12.8. The summed E-state index contributed by atoms with van der Waals surface area (Å²) >= 11 is 0. The van der Waals surface area contributed by atoms with Gasteiger partial charge in [0.25, 0.3) is 10.2 Å². The van der Waals surface area contributed by atoms with Crippen molar-refractivity contribution in [1.29, 1.82) is 0 Å². The molecule has 140 valence electrons. The van der Waals surface area contributed by atoms with Gasteiger partial charge in [-0.3, -0.25) is 0 Å². The number of hydrogen-bond acceptors (Lipinski definition) is 2. The zero-order valence-electron chi connectivity index (χ0n) is 14.0. The molecule has 1 saturated heterocycles. The van der Waals surface area contributed by atoms with Gasteiger partial charge in [0.2, 0.25) is 0 Å². The number of fused-ring (bicyclic) bond motifs is 1. The Labute approximate surface area is 150 Å². The Kier molecular flexibility index (Phi) is 3.92. The Morgan fingerprint density at radius 1 is 1.23 bits per heavy atom. The maximum Gasteiger partial charge on any atom is 0.402 e. The molecule has 2 bridgehead atoms. The summed E-state index contributed by atoms with van der Waals surface area (Å²) in [7, 11) is -4.14. The van der Waals surface area contributed by atoms with Crippen LogP contribution in [-0.4, -0.2) is 37.5 Å². The lowest BCUT2D eigenvalue weighted by atomic mass is 9.79. The maximum atomic E-state index is 12.8. The van der Waals surface area contributed by atoms with Crippen LogP contribution in [0.15, 0.2) is 18.2 Å². The van der Waals surface area contributed by atoms with Crippen molar-refractivity contribution in [3.8, 4) is 12.3 Å². The highest BCUT2D eigenvalue weighted by molar-refractivity contribution is 7.87. The van der Waals surface area contributed by atoms with E-state index >= 15 is 0 Å². The van der Waals surface area contributed by atoms with Crippen molar-refractivity contribution in [2.75, 3.05) is 13.1 Å². The van der Waals surface area contributed by atoms with Gasteiger partial charge in [0.1, 0.15) is 6.54 Å². The van der Waals surface area contributed by atoms with Crippen LogP contribution in [0.2, 0.25) is 0 Å². The summed E-state index contributed by atoms with van der Waals surface area (Å²) in [6.45, 7) is -1.57. The third kappa shape index (κ3) is 2.82. The molecule has 1 aromatic rings. The van der Waals surface area contributed by atoms with Gasteiger partial charge in [-0.1, -0.05) is 12.0 Å². The molecular weight excluding hydrogens is 365 g/mol. The van der Waals surface area contributed by atoms with Gasteiger partial charge < -0.3 is 0 Å². The molecule has 3 atom stereocenters. The van der Waals surface area contributed by atoms with Gasteiger partial charge >= 0.3 is 6.18 Å². The monoisotopic (exact) mass is 384 g/mol. The summed E-state index contributed by atoms with van der Waals surface area (Å²) in [4.78, 5) is 0. The van der Waals surface area contributed by atoms with Crippen molar-refractivity contribution in [2.45, 2.75) is 37.4 Å². The highest BCUT2D eigenvalue weighted by Gasteiger charge is 2.60. The van der Waals surface area contributed by atoms with Gasteiger partial charge in [-0.25, -0.2) is 0 Å². The first-order valence-corrected chi connectivity index (χ1v) is 10.0. The molecule has 0 amide bonds. The molecule has 2 aliphatic carbocycles. The van der Waals surface area contributed by atoms with Crippen LogP contribution in [0.3, 0.4) is 0 Å². The van der Waals surface area contributed by atoms with Crippen molar-refractivity contribution in [2.24, 2.45) is 11.8 Å². The smallest absolute Gasteiger partial charge is 0.195 e. The van der Waals surface area contributed by atoms with Crippen molar-refractivity contribution in [3.05, 3.63) is 34.9 Å². The van der Waals surface area contributed by atoms with Gasteiger partial charge in [-0.2, -0.15) is 30.6 Å². The molecule has 26 heavy (non-hydrogen) atoms. The van der Waals surface area contributed by atoms with Gasteiger partial charge in [0, 0.05) is 12.1 Å². The van der Waals surface area contributed by atoms with Crippen molar-refractivity contribution in [3.63, 3.8) is 0 Å². The van der Waals surface area contributed by atoms with E-state index in [9.17, 15) is 21.6 Å². The van der Waals surface area contributed by atoms with E-state index in [-0.39, 0.29) is 18.4 Å². The number of nitrogens with zero attached hydrogens (tertiary/aromatic N) is 1. The summed E-state index contributed by atoms with van der Waals surface area (Å²) in [5, 5.41) is 0. The fourth-order valence-corrected chi connectivity index (χ4v) is 6.64. The fourth-order valence-electron chi connectivity index (χ4n) is 4.93. The van der Waals surface area contributed by atoms with E-state index in [0.29, 0.717) is 17.1 Å². The number of halogens is 3. The van der Waals surface area contributed by atoms with E-state index in [4.69, 9.17) is 6.42 Å². The minimum absolute atomic E-state index is 0.0153. The molecule has 0 unspecified atom stereocenters. The van der Waals surface area contributed by atoms with Crippen LogP contribution in [-0.2, 0) is 23.1 Å². The lowest BCUT2D eigenvalue weighted by Crippen LogP contribution is -2.52. The third-order valence-electron chi connectivity index (χ3n) is 6.08. The minimum Gasteiger partial charge on any atom is -0.195 e. The molecule has 0 aromatic heterocycles. The molecule has 1 aliphatic heterocycles. The standard InChI is InChI=1S/C18H19F3N2O2S/c1-2-12-3-4-13-8-15-5-6-16(9-14(13)7-12)17(15)10-23(11-18(19,20)21)26(24,25)22-17/h1,3-4,7,15-16,22H,5-6,8-11H2/t15-,16+,17+/m0/s1. The average molecular weight is 384 g/mol.